The molecule has 146 valence electrons. The second kappa shape index (κ2) is 7.58. The van der Waals surface area contributed by atoms with Crippen LogP contribution >= 0.6 is 0 Å². The predicted molar refractivity (Wildman–Crippen MR) is 101 cm³/mol. The third-order valence-electron chi connectivity index (χ3n) is 4.77. The highest BCUT2D eigenvalue weighted by Gasteiger charge is 2.40. The van der Waals surface area contributed by atoms with Crippen molar-refractivity contribution in [2.45, 2.75) is 45.3 Å². The van der Waals surface area contributed by atoms with Gasteiger partial charge in [-0.2, -0.15) is 0 Å². The Kier molecular flexibility index (Phi) is 5.39. The minimum atomic E-state index is -0.537. The molecule has 0 spiro atoms. The first-order valence-electron chi connectivity index (χ1n) is 9.40. The second-order valence-corrected chi connectivity index (χ2v) is 7.95. The summed E-state index contributed by atoms with van der Waals surface area (Å²) < 4.78 is 5.39. The average molecular weight is 373 g/mol. The number of carbonyl (C=O) groups is 3. The Morgan fingerprint density at radius 3 is 2.19 bits per heavy atom. The molecule has 2 heterocycles. The van der Waals surface area contributed by atoms with Gasteiger partial charge in [0.25, 0.3) is 0 Å². The number of nitrogens with zero attached hydrogens (tertiary/aromatic N) is 3. The number of amides is 3. The number of rotatable bonds is 2. The van der Waals surface area contributed by atoms with Crippen molar-refractivity contribution < 1.29 is 19.1 Å². The molecule has 1 aromatic rings. The Morgan fingerprint density at radius 2 is 1.59 bits per heavy atom. The summed E-state index contributed by atoms with van der Waals surface area (Å²) in [5, 5.41) is 0. The van der Waals surface area contributed by atoms with Crippen LogP contribution in [0.5, 0.6) is 0 Å². The zero-order chi connectivity index (χ0) is 19.6. The summed E-state index contributed by atoms with van der Waals surface area (Å²) >= 11 is 0. The Bertz CT molecular complexity index is 706. The molecule has 2 saturated heterocycles. The summed E-state index contributed by atoms with van der Waals surface area (Å²) in [6.45, 7) is 7.27. The molecule has 1 unspecified atom stereocenters. The van der Waals surface area contributed by atoms with E-state index < -0.39 is 11.6 Å². The Hall–Kier alpha value is -2.57. The van der Waals surface area contributed by atoms with Crippen molar-refractivity contribution in [1.29, 1.82) is 0 Å². The lowest BCUT2D eigenvalue weighted by Gasteiger charge is -2.37. The highest BCUT2D eigenvalue weighted by molar-refractivity contribution is 6.03. The molecule has 2 aliphatic heterocycles. The number of hydrogen-bond acceptors (Lipinski definition) is 4. The molecular formula is C20H27N3O4. The molecule has 0 radical (unpaired) electrons. The maximum atomic E-state index is 13.0. The Labute approximate surface area is 159 Å². The monoisotopic (exact) mass is 373 g/mol. The van der Waals surface area contributed by atoms with Crippen LogP contribution < -0.4 is 4.90 Å². The zero-order valence-electron chi connectivity index (χ0n) is 16.2. The van der Waals surface area contributed by atoms with Crippen LogP contribution in [-0.4, -0.2) is 65.5 Å². The van der Waals surface area contributed by atoms with Crippen molar-refractivity contribution in [1.82, 2.24) is 9.80 Å². The SMILES string of the molecule is CC(C)(C)OC(=O)N1CCN(C(=O)C2CCC(=O)N2c2ccccc2)CC1. The van der Waals surface area contributed by atoms with E-state index in [-0.39, 0.29) is 17.9 Å². The molecule has 3 rings (SSSR count). The first-order valence-corrected chi connectivity index (χ1v) is 9.40. The number of carbonyl (C=O) groups excluding carboxylic acids is 3. The van der Waals surface area contributed by atoms with E-state index in [1.54, 1.807) is 14.7 Å². The zero-order valence-corrected chi connectivity index (χ0v) is 16.2. The molecule has 2 fully saturated rings. The number of anilines is 1. The van der Waals surface area contributed by atoms with Gasteiger partial charge in [0.05, 0.1) is 0 Å². The summed E-state index contributed by atoms with van der Waals surface area (Å²) in [6, 6.07) is 8.85. The quantitative estimate of drug-likeness (QED) is 0.797. The average Bonchev–Trinajstić information content (AvgIpc) is 3.02. The van der Waals surface area contributed by atoms with E-state index >= 15 is 0 Å². The van der Waals surface area contributed by atoms with Crippen LogP contribution in [0.2, 0.25) is 0 Å². The van der Waals surface area contributed by atoms with Gasteiger partial charge in [-0.1, -0.05) is 18.2 Å². The highest BCUT2D eigenvalue weighted by atomic mass is 16.6. The molecular weight excluding hydrogens is 346 g/mol. The van der Waals surface area contributed by atoms with Gasteiger partial charge in [0.15, 0.2) is 0 Å². The number of hydrogen-bond donors (Lipinski definition) is 0. The molecule has 0 bridgehead atoms. The van der Waals surface area contributed by atoms with Gasteiger partial charge in [-0.15, -0.1) is 0 Å². The fraction of sp³-hybridized carbons (Fsp3) is 0.550. The number of ether oxygens (including phenoxy) is 1. The van der Waals surface area contributed by atoms with Crippen LogP contribution in [0, 0.1) is 0 Å². The summed E-state index contributed by atoms with van der Waals surface area (Å²) in [7, 11) is 0. The lowest BCUT2D eigenvalue weighted by molar-refractivity contribution is -0.134. The Balaban J connectivity index is 1.62. The molecule has 1 atom stereocenters. The molecule has 0 aliphatic carbocycles. The molecule has 3 amide bonds. The maximum Gasteiger partial charge on any atom is 0.410 e. The van der Waals surface area contributed by atoms with Crippen molar-refractivity contribution in [2.75, 3.05) is 31.1 Å². The molecule has 0 saturated carbocycles. The standard InChI is InChI=1S/C20H27N3O4/c1-20(2,3)27-19(26)22-13-11-21(12-14-22)18(25)16-9-10-17(24)23(16)15-7-5-4-6-8-15/h4-8,16H,9-14H2,1-3H3. The third-order valence-corrected chi connectivity index (χ3v) is 4.77. The molecule has 0 N–H and O–H groups in total. The van der Waals surface area contributed by atoms with Crippen LogP contribution in [0.15, 0.2) is 30.3 Å². The lowest BCUT2D eigenvalue weighted by Crippen LogP contribution is -2.55. The molecule has 7 nitrogen and oxygen atoms in total. The maximum absolute atomic E-state index is 13.0. The molecule has 2 aliphatic rings. The summed E-state index contributed by atoms with van der Waals surface area (Å²) in [5.74, 6) is -0.0690. The van der Waals surface area contributed by atoms with E-state index in [4.69, 9.17) is 4.74 Å². The van der Waals surface area contributed by atoms with E-state index in [9.17, 15) is 14.4 Å². The fourth-order valence-electron chi connectivity index (χ4n) is 3.48. The van der Waals surface area contributed by atoms with Gasteiger partial charge in [0, 0.05) is 38.3 Å². The van der Waals surface area contributed by atoms with Crippen LogP contribution in [0.3, 0.4) is 0 Å². The molecule has 7 heteroatoms. The van der Waals surface area contributed by atoms with Gasteiger partial charge in [-0.05, 0) is 39.3 Å². The first kappa shape index (κ1) is 19.2. The number of piperazine rings is 1. The minimum Gasteiger partial charge on any atom is -0.444 e. The van der Waals surface area contributed by atoms with Crippen molar-refractivity contribution >= 4 is 23.6 Å². The van der Waals surface area contributed by atoms with Crippen LogP contribution in [0.1, 0.15) is 33.6 Å². The van der Waals surface area contributed by atoms with Gasteiger partial charge in [-0.3, -0.25) is 14.5 Å². The second-order valence-electron chi connectivity index (χ2n) is 7.95. The topological polar surface area (TPSA) is 70.2 Å². The van der Waals surface area contributed by atoms with Crippen LogP contribution in [0.25, 0.3) is 0 Å². The first-order chi connectivity index (χ1) is 12.8. The normalized spacial score (nSPS) is 20.8. The summed E-state index contributed by atoms with van der Waals surface area (Å²) in [6.07, 6.45) is 0.554. The van der Waals surface area contributed by atoms with Crippen molar-refractivity contribution in [2.24, 2.45) is 0 Å². The van der Waals surface area contributed by atoms with Crippen LogP contribution in [0.4, 0.5) is 10.5 Å². The fourth-order valence-corrected chi connectivity index (χ4v) is 3.48. The smallest absolute Gasteiger partial charge is 0.410 e. The van der Waals surface area contributed by atoms with Gasteiger partial charge in [0.1, 0.15) is 11.6 Å². The van der Waals surface area contributed by atoms with E-state index in [0.717, 1.165) is 5.69 Å². The van der Waals surface area contributed by atoms with Crippen LogP contribution in [-0.2, 0) is 14.3 Å². The largest absolute Gasteiger partial charge is 0.444 e. The predicted octanol–water partition coefficient (Wildman–Crippen LogP) is 2.26. The number of para-hydroxylation sites is 1. The van der Waals surface area contributed by atoms with Gasteiger partial charge < -0.3 is 14.5 Å². The van der Waals surface area contributed by atoms with Gasteiger partial charge in [0.2, 0.25) is 11.8 Å². The van der Waals surface area contributed by atoms with E-state index in [0.29, 0.717) is 39.0 Å². The van der Waals surface area contributed by atoms with E-state index in [1.165, 1.54) is 0 Å². The lowest BCUT2D eigenvalue weighted by atomic mass is 10.1. The summed E-state index contributed by atoms with van der Waals surface area (Å²) in [4.78, 5) is 42.5. The van der Waals surface area contributed by atoms with E-state index in [2.05, 4.69) is 0 Å². The summed E-state index contributed by atoms with van der Waals surface area (Å²) in [5.41, 5.74) is 0.218. The minimum absolute atomic E-state index is 0.0214. The van der Waals surface area contributed by atoms with Crippen molar-refractivity contribution in [3.63, 3.8) is 0 Å². The van der Waals surface area contributed by atoms with Gasteiger partial charge in [-0.25, -0.2) is 4.79 Å². The van der Waals surface area contributed by atoms with Crippen molar-refractivity contribution in [3.8, 4) is 0 Å². The third kappa shape index (κ3) is 4.40. The highest BCUT2D eigenvalue weighted by Crippen LogP contribution is 2.28. The van der Waals surface area contributed by atoms with E-state index in [1.807, 2.05) is 51.1 Å². The van der Waals surface area contributed by atoms with Gasteiger partial charge >= 0.3 is 6.09 Å². The number of benzene rings is 1. The Morgan fingerprint density at radius 1 is 1.00 bits per heavy atom. The molecule has 1 aromatic carbocycles. The molecule has 27 heavy (non-hydrogen) atoms. The molecule has 0 aromatic heterocycles. The van der Waals surface area contributed by atoms with Crippen molar-refractivity contribution in [3.05, 3.63) is 30.3 Å².